The second kappa shape index (κ2) is 7.75. The molecule has 0 radical (unpaired) electrons. The number of imidazole rings is 1. The molecule has 9 heteroatoms. The van der Waals surface area contributed by atoms with E-state index >= 15 is 0 Å². The van der Waals surface area contributed by atoms with Crippen molar-refractivity contribution in [3.63, 3.8) is 0 Å². The summed E-state index contributed by atoms with van der Waals surface area (Å²) in [6, 6.07) is 7.22. The van der Waals surface area contributed by atoms with Crippen LogP contribution in [0, 0.1) is 0 Å². The molecule has 1 amide bonds. The van der Waals surface area contributed by atoms with Crippen molar-refractivity contribution in [1.82, 2.24) is 19.7 Å². The van der Waals surface area contributed by atoms with E-state index in [-0.39, 0.29) is 12.0 Å². The predicted octanol–water partition coefficient (Wildman–Crippen LogP) is 2.45. The topological polar surface area (TPSA) is 90.1 Å². The Labute approximate surface area is 163 Å². The van der Waals surface area contributed by atoms with Crippen molar-refractivity contribution in [1.29, 1.82) is 0 Å². The highest BCUT2D eigenvalue weighted by molar-refractivity contribution is 9.10. The molecule has 1 N–H and O–H groups in total. The van der Waals surface area contributed by atoms with Crippen molar-refractivity contribution in [3.8, 4) is 5.88 Å². The van der Waals surface area contributed by atoms with Gasteiger partial charge in [-0.15, -0.1) is 0 Å². The van der Waals surface area contributed by atoms with E-state index < -0.39 is 0 Å². The van der Waals surface area contributed by atoms with Gasteiger partial charge in [-0.05, 0) is 40.2 Å². The molecule has 0 bridgehead atoms. The van der Waals surface area contributed by atoms with Crippen LogP contribution in [-0.4, -0.2) is 45.2 Å². The minimum atomic E-state index is -0.201. The molecule has 1 unspecified atom stereocenters. The van der Waals surface area contributed by atoms with E-state index in [2.05, 4.69) is 36.4 Å². The Morgan fingerprint density at radius 2 is 2.26 bits per heavy atom. The number of hydrogen-bond donors (Lipinski definition) is 1. The number of carbonyl (C=O) groups excluding carboxylic acids is 1. The van der Waals surface area contributed by atoms with Gasteiger partial charge in [0.1, 0.15) is 12.3 Å². The fourth-order valence-electron chi connectivity index (χ4n) is 2.67. The van der Waals surface area contributed by atoms with Crippen LogP contribution in [0.4, 0.5) is 0 Å². The molecule has 0 spiro atoms. The summed E-state index contributed by atoms with van der Waals surface area (Å²) in [4.78, 5) is 26.0. The summed E-state index contributed by atoms with van der Waals surface area (Å²) in [5, 5.41) is 6.89. The molecule has 138 valence electrons. The van der Waals surface area contributed by atoms with Crippen molar-refractivity contribution in [2.24, 2.45) is 5.16 Å². The summed E-state index contributed by atoms with van der Waals surface area (Å²) in [7, 11) is 0. The third-order valence-electron chi connectivity index (χ3n) is 4.03. The lowest BCUT2D eigenvalue weighted by Crippen LogP contribution is -2.30. The quantitative estimate of drug-likeness (QED) is 0.649. The SMILES string of the molecule is O=C(NCC1=NOC(COc2ncccc2Br)C1)c1ccc2nccn2c1. The van der Waals surface area contributed by atoms with Crippen LogP contribution in [-0.2, 0) is 4.84 Å². The molecule has 4 heterocycles. The molecule has 3 aromatic rings. The van der Waals surface area contributed by atoms with Gasteiger partial charge in [0, 0.05) is 31.2 Å². The van der Waals surface area contributed by atoms with Crippen molar-refractivity contribution in [3.05, 3.63) is 59.1 Å². The fraction of sp³-hybridized carbons (Fsp3) is 0.222. The number of oxime groups is 1. The maximum atomic E-state index is 12.3. The smallest absolute Gasteiger partial charge is 0.253 e. The van der Waals surface area contributed by atoms with Gasteiger partial charge in [-0.3, -0.25) is 4.79 Å². The van der Waals surface area contributed by atoms with Crippen molar-refractivity contribution in [2.45, 2.75) is 12.5 Å². The van der Waals surface area contributed by atoms with Crippen LogP contribution in [0.5, 0.6) is 5.88 Å². The average Bonchev–Trinajstić information content (AvgIpc) is 3.34. The first-order valence-corrected chi connectivity index (χ1v) is 9.14. The molecule has 0 fully saturated rings. The van der Waals surface area contributed by atoms with Crippen molar-refractivity contribution in [2.75, 3.05) is 13.2 Å². The van der Waals surface area contributed by atoms with Crippen LogP contribution in [0.25, 0.3) is 5.65 Å². The second-order valence-corrected chi connectivity index (χ2v) is 6.84. The number of nitrogens with one attached hydrogen (secondary N) is 1. The van der Waals surface area contributed by atoms with E-state index in [9.17, 15) is 4.79 Å². The van der Waals surface area contributed by atoms with Gasteiger partial charge in [-0.25, -0.2) is 9.97 Å². The first-order valence-electron chi connectivity index (χ1n) is 8.35. The van der Waals surface area contributed by atoms with Gasteiger partial charge in [0.25, 0.3) is 5.91 Å². The summed E-state index contributed by atoms with van der Waals surface area (Å²) in [6.45, 7) is 0.651. The average molecular weight is 430 g/mol. The third-order valence-corrected chi connectivity index (χ3v) is 4.63. The molecule has 1 aliphatic heterocycles. The minimum Gasteiger partial charge on any atom is -0.473 e. The second-order valence-electron chi connectivity index (χ2n) is 5.98. The normalized spacial score (nSPS) is 16.0. The van der Waals surface area contributed by atoms with Gasteiger partial charge in [0.15, 0.2) is 6.10 Å². The van der Waals surface area contributed by atoms with Crippen LogP contribution < -0.4 is 10.1 Å². The molecule has 27 heavy (non-hydrogen) atoms. The molecule has 0 saturated carbocycles. The van der Waals surface area contributed by atoms with E-state index in [4.69, 9.17) is 9.57 Å². The monoisotopic (exact) mass is 429 g/mol. The molecule has 0 aliphatic carbocycles. The van der Waals surface area contributed by atoms with Crippen LogP contribution in [0.3, 0.4) is 0 Å². The molecular formula is C18H16BrN5O3. The van der Waals surface area contributed by atoms with Gasteiger partial charge in [-0.2, -0.15) is 0 Å². The van der Waals surface area contributed by atoms with Gasteiger partial charge >= 0.3 is 0 Å². The Balaban J connectivity index is 1.26. The summed E-state index contributed by atoms with van der Waals surface area (Å²) in [6.07, 6.45) is 7.28. The molecule has 0 aromatic carbocycles. The number of pyridine rings is 2. The number of carbonyl (C=O) groups is 1. The Morgan fingerprint density at radius 1 is 1.33 bits per heavy atom. The maximum Gasteiger partial charge on any atom is 0.253 e. The zero-order valence-corrected chi connectivity index (χ0v) is 15.8. The van der Waals surface area contributed by atoms with E-state index in [1.54, 1.807) is 41.3 Å². The van der Waals surface area contributed by atoms with Crippen molar-refractivity contribution >= 4 is 33.2 Å². The number of nitrogens with zero attached hydrogens (tertiary/aromatic N) is 4. The number of aromatic nitrogens is 3. The number of ether oxygens (including phenoxy) is 1. The molecular weight excluding hydrogens is 414 g/mol. The van der Waals surface area contributed by atoms with Gasteiger partial charge in [0.2, 0.25) is 5.88 Å². The highest BCUT2D eigenvalue weighted by atomic mass is 79.9. The zero-order valence-electron chi connectivity index (χ0n) is 14.2. The number of hydrogen-bond acceptors (Lipinski definition) is 6. The molecule has 0 saturated heterocycles. The van der Waals surface area contributed by atoms with Gasteiger partial charge < -0.3 is 19.3 Å². The first-order chi connectivity index (χ1) is 13.2. The van der Waals surface area contributed by atoms with E-state index in [0.29, 0.717) is 31.0 Å². The summed E-state index contributed by atoms with van der Waals surface area (Å²) >= 11 is 3.38. The number of halogens is 1. The summed E-state index contributed by atoms with van der Waals surface area (Å²) < 4.78 is 8.23. The molecule has 4 rings (SSSR count). The lowest BCUT2D eigenvalue weighted by atomic mass is 10.2. The Morgan fingerprint density at radius 3 is 3.15 bits per heavy atom. The number of fused-ring (bicyclic) bond motifs is 1. The number of amides is 1. The highest BCUT2D eigenvalue weighted by Crippen LogP contribution is 2.22. The molecule has 8 nitrogen and oxygen atoms in total. The summed E-state index contributed by atoms with van der Waals surface area (Å²) in [5.41, 5.74) is 2.11. The Kier molecular flexibility index (Phi) is 5.01. The lowest BCUT2D eigenvalue weighted by Gasteiger charge is -2.10. The van der Waals surface area contributed by atoms with Gasteiger partial charge in [-0.1, -0.05) is 5.16 Å². The van der Waals surface area contributed by atoms with Crippen LogP contribution in [0.1, 0.15) is 16.8 Å². The van der Waals surface area contributed by atoms with Crippen molar-refractivity contribution < 1.29 is 14.4 Å². The molecule has 1 aliphatic rings. The lowest BCUT2D eigenvalue weighted by molar-refractivity contribution is 0.0454. The van der Waals surface area contributed by atoms with E-state index in [1.807, 2.05) is 12.1 Å². The van der Waals surface area contributed by atoms with E-state index in [1.165, 1.54) is 0 Å². The van der Waals surface area contributed by atoms with Crippen LogP contribution in [0.2, 0.25) is 0 Å². The predicted molar refractivity (Wildman–Crippen MR) is 102 cm³/mol. The standard InChI is InChI=1S/C18H16BrN5O3/c19-15-2-1-5-21-18(15)26-11-14-8-13(23-27-14)9-22-17(25)12-3-4-16-20-6-7-24(16)10-12/h1-7,10,14H,8-9,11H2,(H,22,25). The Hall–Kier alpha value is -2.94. The summed E-state index contributed by atoms with van der Waals surface area (Å²) in [5.74, 6) is 0.336. The largest absolute Gasteiger partial charge is 0.473 e. The highest BCUT2D eigenvalue weighted by Gasteiger charge is 2.22. The minimum absolute atomic E-state index is 0.176. The van der Waals surface area contributed by atoms with Crippen LogP contribution in [0.15, 0.2) is 58.7 Å². The maximum absolute atomic E-state index is 12.3. The third kappa shape index (κ3) is 4.08. The number of rotatable bonds is 6. The Bertz CT molecular complexity index is 1000. The molecule has 3 aromatic heterocycles. The molecule has 1 atom stereocenters. The van der Waals surface area contributed by atoms with Crippen LogP contribution >= 0.6 is 15.9 Å². The van der Waals surface area contributed by atoms with E-state index in [0.717, 1.165) is 15.8 Å². The van der Waals surface area contributed by atoms with Gasteiger partial charge in [0.05, 0.1) is 22.3 Å². The zero-order chi connectivity index (χ0) is 18.6. The fourth-order valence-corrected chi connectivity index (χ4v) is 3.04. The first kappa shape index (κ1) is 17.5.